The molecule has 7 nitrogen and oxygen atoms in total. The SMILES string of the molecule is CC(C)(C)OC(=O)N1C2CC1CN([C@H]1CO[C@H]3[C@@H]1OC[C@@H]3N)C2. The Kier molecular flexibility index (Phi) is 3.61. The van der Waals surface area contributed by atoms with Gasteiger partial charge in [-0.25, -0.2) is 4.79 Å². The molecule has 0 radical (unpaired) electrons. The van der Waals surface area contributed by atoms with Crippen molar-refractivity contribution in [2.75, 3.05) is 26.3 Å². The minimum absolute atomic E-state index is 0.0115. The van der Waals surface area contributed by atoms with E-state index in [1.54, 1.807) is 0 Å². The number of piperazine rings is 1. The van der Waals surface area contributed by atoms with Gasteiger partial charge in [0.25, 0.3) is 0 Å². The van der Waals surface area contributed by atoms with Crippen molar-refractivity contribution < 1.29 is 19.0 Å². The van der Waals surface area contributed by atoms with Gasteiger partial charge in [-0.3, -0.25) is 9.80 Å². The van der Waals surface area contributed by atoms with Crippen molar-refractivity contribution in [2.24, 2.45) is 5.73 Å². The van der Waals surface area contributed by atoms with Crippen molar-refractivity contribution in [1.82, 2.24) is 9.80 Å². The molecule has 1 amide bonds. The smallest absolute Gasteiger partial charge is 0.410 e. The minimum Gasteiger partial charge on any atom is -0.444 e. The lowest BCUT2D eigenvalue weighted by molar-refractivity contribution is -0.0957. The number of nitrogens with two attached hydrogens (primary N) is 1. The number of hydrogen-bond acceptors (Lipinski definition) is 6. The number of carbonyl (C=O) groups is 1. The van der Waals surface area contributed by atoms with E-state index in [4.69, 9.17) is 19.9 Å². The zero-order chi connectivity index (χ0) is 16.4. The fourth-order valence-electron chi connectivity index (χ4n) is 4.35. The summed E-state index contributed by atoms with van der Waals surface area (Å²) < 4.78 is 17.2. The van der Waals surface area contributed by atoms with Crippen LogP contribution < -0.4 is 5.73 Å². The first-order valence-corrected chi connectivity index (χ1v) is 8.57. The lowest BCUT2D eigenvalue weighted by Crippen LogP contribution is -2.72. The third-order valence-corrected chi connectivity index (χ3v) is 5.36. The summed E-state index contributed by atoms with van der Waals surface area (Å²) in [6, 6.07) is 0.748. The van der Waals surface area contributed by atoms with Gasteiger partial charge in [-0.05, 0) is 27.2 Å². The average molecular weight is 325 g/mol. The summed E-state index contributed by atoms with van der Waals surface area (Å²) in [5, 5.41) is 0. The summed E-state index contributed by atoms with van der Waals surface area (Å²) in [6.07, 6.45) is 0.994. The minimum atomic E-state index is -0.443. The van der Waals surface area contributed by atoms with E-state index in [9.17, 15) is 4.79 Å². The summed E-state index contributed by atoms with van der Waals surface area (Å²) in [5.74, 6) is 0. The van der Waals surface area contributed by atoms with Crippen LogP contribution in [-0.2, 0) is 14.2 Å². The van der Waals surface area contributed by atoms with Gasteiger partial charge in [0.05, 0.1) is 37.4 Å². The second-order valence-corrected chi connectivity index (χ2v) is 8.21. The predicted octanol–water partition coefficient (Wildman–Crippen LogP) is 0.174. The number of ether oxygens (including phenoxy) is 3. The van der Waals surface area contributed by atoms with Gasteiger partial charge in [0.1, 0.15) is 17.8 Å². The van der Waals surface area contributed by atoms with Crippen LogP contribution in [-0.4, -0.2) is 84.2 Å². The number of hydrogen-bond donors (Lipinski definition) is 1. The molecule has 7 heteroatoms. The van der Waals surface area contributed by atoms with Crippen molar-refractivity contribution in [3.63, 3.8) is 0 Å². The van der Waals surface area contributed by atoms with Crippen molar-refractivity contribution in [3.8, 4) is 0 Å². The van der Waals surface area contributed by atoms with Gasteiger partial charge in [-0.1, -0.05) is 0 Å². The second kappa shape index (κ2) is 5.31. The van der Waals surface area contributed by atoms with Crippen molar-refractivity contribution in [2.45, 2.75) is 69.2 Å². The third kappa shape index (κ3) is 2.63. The first kappa shape index (κ1) is 15.6. The molecule has 5 fully saturated rings. The van der Waals surface area contributed by atoms with E-state index < -0.39 is 5.60 Å². The van der Waals surface area contributed by atoms with E-state index in [1.165, 1.54) is 0 Å². The molecule has 5 saturated heterocycles. The highest BCUT2D eigenvalue weighted by Crippen LogP contribution is 2.37. The number of piperidine rings is 1. The molecule has 0 aliphatic carbocycles. The Bertz CT molecular complexity index is 482. The molecule has 0 aromatic heterocycles. The Balaban J connectivity index is 1.37. The number of carbonyl (C=O) groups excluding carboxylic acids is 1. The van der Waals surface area contributed by atoms with Crippen molar-refractivity contribution in [3.05, 3.63) is 0 Å². The zero-order valence-corrected chi connectivity index (χ0v) is 14.1. The number of rotatable bonds is 1. The highest BCUT2D eigenvalue weighted by Gasteiger charge is 2.54. The van der Waals surface area contributed by atoms with Crippen molar-refractivity contribution in [1.29, 1.82) is 0 Å². The molecule has 0 aromatic carbocycles. The molecule has 5 rings (SSSR count). The maximum atomic E-state index is 12.3. The van der Waals surface area contributed by atoms with E-state index >= 15 is 0 Å². The number of amides is 1. The largest absolute Gasteiger partial charge is 0.444 e. The Morgan fingerprint density at radius 1 is 1.13 bits per heavy atom. The highest BCUT2D eigenvalue weighted by molar-refractivity contribution is 5.70. The van der Waals surface area contributed by atoms with Crippen LogP contribution >= 0.6 is 0 Å². The maximum Gasteiger partial charge on any atom is 0.410 e. The molecular formula is C16H27N3O4. The molecule has 0 saturated carbocycles. The molecule has 5 aliphatic rings. The van der Waals surface area contributed by atoms with Crippen LogP contribution in [0.3, 0.4) is 0 Å². The lowest BCUT2D eigenvalue weighted by Gasteiger charge is -2.57. The highest BCUT2D eigenvalue weighted by atomic mass is 16.6. The summed E-state index contributed by atoms with van der Waals surface area (Å²) in [7, 11) is 0. The molecule has 2 unspecified atom stereocenters. The molecule has 0 spiro atoms. The standard InChI is InChI=1S/C16H27N3O4/c1-16(2,3)23-15(20)19-9-4-10(19)6-18(5-9)12-8-22-13-11(17)7-21-14(12)13/h9-14H,4-8,17H2,1-3H3/t9?,10?,11-,12-,13+,14+/m0/s1. The van der Waals surface area contributed by atoms with Crippen LogP contribution in [0.15, 0.2) is 0 Å². The van der Waals surface area contributed by atoms with Gasteiger partial charge >= 0.3 is 6.09 Å². The van der Waals surface area contributed by atoms with Crippen LogP contribution in [0.4, 0.5) is 4.79 Å². The molecule has 5 heterocycles. The molecule has 2 bridgehead atoms. The van der Waals surface area contributed by atoms with Crippen LogP contribution in [0.25, 0.3) is 0 Å². The average Bonchev–Trinajstić information content (AvgIpc) is 3.00. The predicted molar refractivity (Wildman–Crippen MR) is 83.1 cm³/mol. The fourth-order valence-corrected chi connectivity index (χ4v) is 4.35. The van der Waals surface area contributed by atoms with Gasteiger partial charge in [0, 0.05) is 13.1 Å². The molecule has 5 aliphatic heterocycles. The van der Waals surface area contributed by atoms with Gasteiger partial charge in [0.15, 0.2) is 0 Å². The Hall–Kier alpha value is -0.890. The summed E-state index contributed by atoms with van der Waals surface area (Å²) in [4.78, 5) is 16.7. The Morgan fingerprint density at radius 2 is 1.78 bits per heavy atom. The lowest BCUT2D eigenvalue weighted by atomic mass is 9.86. The van der Waals surface area contributed by atoms with E-state index in [0.717, 1.165) is 19.5 Å². The van der Waals surface area contributed by atoms with E-state index in [0.29, 0.717) is 13.2 Å². The maximum absolute atomic E-state index is 12.3. The summed E-state index contributed by atoms with van der Waals surface area (Å²) in [6.45, 7) is 8.71. The summed E-state index contributed by atoms with van der Waals surface area (Å²) >= 11 is 0. The van der Waals surface area contributed by atoms with Gasteiger partial charge < -0.3 is 19.9 Å². The molecule has 6 atom stereocenters. The quantitative estimate of drug-likeness (QED) is 0.741. The topological polar surface area (TPSA) is 77.3 Å². The van der Waals surface area contributed by atoms with Crippen LogP contribution in [0, 0.1) is 0 Å². The fraction of sp³-hybridized carbons (Fsp3) is 0.938. The first-order valence-electron chi connectivity index (χ1n) is 8.57. The second-order valence-electron chi connectivity index (χ2n) is 8.21. The normalized spacial score (nSPS) is 43.2. The third-order valence-electron chi connectivity index (χ3n) is 5.36. The molecule has 130 valence electrons. The Morgan fingerprint density at radius 3 is 2.43 bits per heavy atom. The molecular weight excluding hydrogens is 298 g/mol. The van der Waals surface area contributed by atoms with Gasteiger partial charge in [-0.15, -0.1) is 0 Å². The molecule has 0 aromatic rings. The van der Waals surface area contributed by atoms with Crippen LogP contribution in [0.5, 0.6) is 0 Å². The number of fused-ring (bicyclic) bond motifs is 3. The van der Waals surface area contributed by atoms with E-state index in [1.807, 2.05) is 25.7 Å². The Labute approximate surface area is 137 Å². The molecule has 2 N–H and O–H groups in total. The summed E-state index contributed by atoms with van der Waals surface area (Å²) in [5.41, 5.74) is 5.59. The van der Waals surface area contributed by atoms with Gasteiger partial charge in [-0.2, -0.15) is 0 Å². The monoisotopic (exact) mass is 325 g/mol. The van der Waals surface area contributed by atoms with Crippen LogP contribution in [0.2, 0.25) is 0 Å². The molecule has 23 heavy (non-hydrogen) atoms. The van der Waals surface area contributed by atoms with Crippen molar-refractivity contribution >= 4 is 6.09 Å². The van der Waals surface area contributed by atoms with E-state index in [2.05, 4.69) is 4.90 Å². The first-order chi connectivity index (χ1) is 10.8. The zero-order valence-electron chi connectivity index (χ0n) is 14.1. The van der Waals surface area contributed by atoms with Crippen LogP contribution in [0.1, 0.15) is 27.2 Å². The van der Waals surface area contributed by atoms with Gasteiger partial charge in [0.2, 0.25) is 0 Å². The number of nitrogens with zero attached hydrogens (tertiary/aromatic N) is 2. The van der Waals surface area contributed by atoms with E-state index in [-0.39, 0.29) is 42.5 Å².